The highest BCUT2D eigenvalue weighted by Crippen LogP contribution is 2.41. The molecular weight excluding hydrogens is 395 g/mol. The SMILES string of the molecule is CC1Cc2c(nn(CCCN)c2C(=O)O)-c2ccc(O)cc21.O=C(O)C(F)(F)F. The van der Waals surface area contributed by atoms with Gasteiger partial charge in [0.1, 0.15) is 11.4 Å². The van der Waals surface area contributed by atoms with Crippen LogP contribution in [0.1, 0.15) is 40.9 Å². The second-order valence-electron chi connectivity index (χ2n) is 6.53. The van der Waals surface area contributed by atoms with E-state index in [0.29, 0.717) is 31.6 Å². The molecule has 5 N–H and O–H groups in total. The predicted molar refractivity (Wildman–Crippen MR) is 95.8 cm³/mol. The van der Waals surface area contributed by atoms with E-state index in [2.05, 4.69) is 5.10 Å². The molecule has 11 heteroatoms. The van der Waals surface area contributed by atoms with Gasteiger partial charge in [-0.25, -0.2) is 9.59 Å². The molecule has 1 aromatic carbocycles. The number of rotatable bonds is 4. The Kier molecular flexibility index (Phi) is 6.52. The van der Waals surface area contributed by atoms with Crippen molar-refractivity contribution in [3.05, 3.63) is 35.0 Å². The van der Waals surface area contributed by atoms with E-state index in [9.17, 15) is 28.2 Å². The minimum Gasteiger partial charge on any atom is -0.508 e. The monoisotopic (exact) mass is 415 g/mol. The van der Waals surface area contributed by atoms with Crippen LogP contribution in [0.5, 0.6) is 5.75 Å². The van der Waals surface area contributed by atoms with Crippen molar-refractivity contribution in [2.75, 3.05) is 6.54 Å². The lowest BCUT2D eigenvalue weighted by atomic mass is 9.82. The first kappa shape index (κ1) is 22.2. The van der Waals surface area contributed by atoms with Crippen molar-refractivity contribution >= 4 is 11.9 Å². The number of carboxylic acids is 2. The van der Waals surface area contributed by atoms with Gasteiger partial charge in [0.05, 0.1) is 5.69 Å². The van der Waals surface area contributed by atoms with Crippen LogP contribution >= 0.6 is 0 Å². The van der Waals surface area contributed by atoms with Gasteiger partial charge in [0.2, 0.25) is 0 Å². The topological polar surface area (TPSA) is 139 Å². The second kappa shape index (κ2) is 8.52. The Morgan fingerprint density at radius 3 is 2.45 bits per heavy atom. The summed E-state index contributed by atoms with van der Waals surface area (Å²) in [5, 5.41) is 30.9. The van der Waals surface area contributed by atoms with Crippen LogP contribution in [0.3, 0.4) is 0 Å². The highest BCUT2D eigenvalue weighted by Gasteiger charge is 2.38. The van der Waals surface area contributed by atoms with E-state index in [0.717, 1.165) is 16.7 Å². The molecule has 0 saturated carbocycles. The lowest BCUT2D eigenvalue weighted by Crippen LogP contribution is -2.21. The Hall–Kier alpha value is -3.08. The third-order valence-corrected chi connectivity index (χ3v) is 4.40. The average Bonchev–Trinajstić information content (AvgIpc) is 2.98. The number of nitrogens with zero attached hydrogens (tertiary/aromatic N) is 2. The summed E-state index contributed by atoms with van der Waals surface area (Å²) in [6.45, 7) is 3.02. The van der Waals surface area contributed by atoms with Gasteiger partial charge in [0, 0.05) is 17.7 Å². The fourth-order valence-corrected chi connectivity index (χ4v) is 3.14. The molecule has 1 aliphatic carbocycles. The van der Waals surface area contributed by atoms with Crippen LogP contribution < -0.4 is 5.73 Å². The number of aromatic nitrogens is 2. The molecule has 0 radical (unpaired) electrons. The Balaban J connectivity index is 0.000000370. The lowest BCUT2D eigenvalue weighted by Gasteiger charge is -2.22. The van der Waals surface area contributed by atoms with Gasteiger partial charge in [-0.05, 0) is 49.1 Å². The van der Waals surface area contributed by atoms with Crippen molar-refractivity contribution in [2.45, 2.75) is 38.4 Å². The third-order valence-electron chi connectivity index (χ3n) is 4.40. The predicted octanol–water partition coefficient (Wildman–Crippen LogP) is 2.60. The molecule has 1 heterocycles. The summed E-state index contributed by atoms with van der Waals surface area (Å²) in [6.07, 6.45) is -3.80. The van der Waals surface area contributed by atoms with Gasteiger partial charge in [-0.2, -0.15) is 18.3 Å². The number of hydrogen-bond donors (Lipinski definition) is 4. The highest BCUT2D eigenvalue weighted by molar-refractivity contribution is 5.91. The first-order valence-corrected chi connectivity index (χ1v) is 8.63. The van der Waals surface area contributed by atoms with Crippen LogP contribution in [0.15, 0.2) is 18.2 Å². The Labute approximate surface area is 163 Å². The maximum absolute atomic E-state index is 11.7. The second-order valence-corrected chi connectivity index (χ2v) is 6.53. The number of carboxylic acid groups (broad SMARTS) is 2. The maximum atomic E-state index is 11.7. The first-order valence-electron chi connectivity index (χ1n) is 8.63. The molecule has 29 heavy (non-hydrogen) atoms. The van der Waals surface area contributed by atoms with Crippen LogP contribution in [-0.4, -0.2) is 49.8 Å². The lowest BCUT2D eigenvalue weighted by molar-refractivity contribution is -0.192. The number of alkyl halides is 3. The van der Waals surface area contributed by atoms with Crippen molar-refractivity contribution in [3.63, 3.8) is 0 Å². The number of benzene rings is 1. The van der Waals surface area contributed by atoms with Crippen LogP contribution in [0.2, 0.25) is 0 Å². The highest BCUT2D eigenvalue weighted by atomic mass is 19.4. The van der Waals surface area contributed by atoms with E-state index in [1.807, 2.05) is 13.0 Å². The van der Waals surface area contributed by atoms with E-state index in [4.69, 9.17) is 15.6 Å². The van der Waals surface area contributed by atoms with E-state index >= 15 is 0 Å². The zero-order chi connectivity index (χ0) is 21.9. The van der Waals surface area contributed by atoms with Crippen molar-refractivity contribution in [2.24, 2.45) is 5.73 Å². The van der Waals surface area contributed by atoms with Gasteiger partial charge in [-0.1, -0.05) is 6.92 Å². The molecule has 1 aromatic heterocycles. The number of aryl methyl sites for hydroxylation is 1. The van der Waals surface area contributed by atoms with Crippen molar-refractivity contribution in [1.82, 2.24) is 9.78 Å². The number of phenols is 1. The fourth-order valence-electron chi connectivity index (χ4n) is 3.14. The number of hydrogen-bond acceptors (Lipinski definition) is 5. The molecule has 158 valence electrons. The summed E-state index contributed by atoms with van der Waals surface area (Å²) in [5.41, 5.74) is 9.18. The van der Waals surface area contributed by atoms with Gasteiger partial charge in [0.15, 0.2) is 0 Å². The summed E-state index contributed by atoms with van der Waals surface area (Å²) in [6, 6.07) is 5.16. The third kappa shape index (κ3) is 4.86. The molecule has 0 amide bonds. The number of aromatic hydroxyl groups is 1. The van der Waals surface area contributed by atoms with E-state index in [1.165, 1.54) is 0 Å². The standard InChI is InChI=1S/C16H19N3O3.C2HF3O2/c1-9-7-13-14(11-4-3-10(20)8-12(9)11)18-19(6-2-5-17)15(13)16(21)22;3-2(4,5)1(6)7/h3-4,8-9,20H,2,5-7,17H2,1H3,(H,21,22);(H,6,7). The Bertz CT molecular complexity index is 924. The van der Waals surface area contributed by atoms with Crippen LogP contribution in [-0.2, 0) is 17.8 Å². The zero-order valence-electron chi connectivity index (χ0n) is 15.4. The maximum Gasteiger partial charge on any atom is 0.490 e. The van der Waals surface area contributed by atoms with Gasteiger partial charge in [-0.3, -0.25) is 4.68 Å². The first-order chi connectivity index (χ1) is 13.5. The largest absolute Gasteiger partial charge is 0.508 e. The van der Waals surface area contributed by atoms with E-state index in [1.54, 1.807) is 16.8 Å². The number of aromatic carboxylic acids is 1. The quantitative estimate of drug-likeness (QED) is 0.602. The average molecular weight is 415 g/mol. The smallest absolute Gasteiger partial charge is 0.490 e. The summed E-state index contributed by atoms with van der Waals surface area (Å²) < 4.78 is 33.3. The van der Waals surface area contributed by atoms with Gasteiger partial charge in [-0.15, -0.1) is 0 Å². The van der Waals surface area contributed by atoms with Crippen LogP contribution in [0, 0.1) is 0 Å². The number of fused-ring (bicyclic) bond motifs is 3. The normalized spacial score (nSPS) is 15.0. The molecule has 0 aliphatic heterocycles. The summed E-state index contributed by atoms with van der Waals surface area (Å²) in [5.74, 6) is -3.36. The minimum atomic E-state index is -5.08. The van der Waals surface area contributed by atoms with E-state index in [-0.39, 0.29) is 17.4 Å². The van der Waals surface area contributed by atoms with Crippen molar-refractivity contribution < 1.29 is 38.1 Å². The molecule has 0 fully saturated rings. The van der Waals surface area contributed by atoms with Crippen LogP contribution in [0.4, 0.5) is 13.2 Å². The Morgan fingerprint density at radius 1 is 1.31 bits per heavy atom. The van der Waals surface area contributed by atoms with Crippen molar-refractivity contribution in [1.29, 1.82) is 0 Å². The number of carbonyl (C=O) groups is 2. The van der Waals surface area contributed by atoms with E-state index < -0.39 is 18.1 Å². The van der Waals surface area contributed by atoms with Crippen LogP contribution in [0.25, 0.3) is 11.3 Å². The summed E-state index contributed by atoms with van der Waals surface area (Å²) in [7, 11) is 0. The van der Waals surface area contributed by atoms with Gasteiger partial charge < -0.3 is 21.1 Å². The summed E-state index contributed by atoms with van der Waals surface area (Å²) in [4.78, 5) is 20.6. The number of nitrogens with two attached hydrogens (primary N) is 1. The van der Waals surface area contributed by atoms with Gasteiger partial charge in [0.25, 0.3) is 0 Å². The minimum absolute atomic E-state index is 0.139. The number of phenolic OH excluding ortho intramolecular Hbond substituents is 1. The molecule has 1 atom stereocenters. The molecule has 1 aliphatic rings. The number of aliphatic carboxylic acids is 1. The molecule has 8 nitrogen and oxygen atoms in total. The fraction of sp³-hybridized carbons (Fsp3) is 0.389. The Morgan fingerprint density at radius 2 is 1.93 bits per heavy atom. The molecule has 1 unspecified atom stereocenters. The molecule has 0 spiro atoms. The molecule has 3 rings (SSSR count). The number of halogens is 3. The van der Waals surface area contributed by atoms with Gasteiger partial charge >= 0.3 is 18.1 Å². The van der Waals surface area contributed by atoms with Crippen molar-refractivity contribution in [3.8, 4) is 17.0 Å². The molecule has 2 aromatic rings. The molecule has 0 saturated heterocycles. The zero-order valence-corrected chi connectivity index (χ0v) is 15.4. The summed E-state index contributed by atoms with van der Waals surface area (Å²) >= 11 is 0. The molecule has 0 bridgehead atoms. The molecular formula is C18H20F3N3O5.